The second kappa shape index (κ2) is 11.6. The van der Waals surface area contributed by atoms with E-state index >= 15 is 0 Å². The van der Waals surface area contributed by atoms with E-state index in [4.69, 9.17) is 21.1 Å². The van der Waals surface area contributed by atoms with Gasteiger partial charge in [0.05, 0.1) is 18.1 Å². The molecule has 4 amide bonds. The van der Waals surface area contributed by atoms with E-state index < -0.39 is 11.1 Å². The van der Waals surface area contributed by atoms with Crippen LogP contribution in [0, 0.1) is 6.92 Å². The second-order valence-corrected chi connectivity index (χ2v) is 9.50. The molecule has 2 aliphatic heterocycles. The number of halogens is 1. The number of rotatable bonds is 7. The maximum Gasteiger partial charge on any atom is 0.294 e. The predicted octanol–water partition coefficient (Wildman–Crippen LogP) is 3.56. The molecule has 0 saturated carbocycles. The van der Waals surface area contributed by atoms with Gasteiger partial charge in [-0.25, -0.2) is 0 Å². The van der Waals surface area contributed by atoms with Crippen molar-refractivity contribution in [3.05, 3.63) is 63.5 Å². The summed E-state index contributed by atoms with van der Waals surface area (Å²) >= 11 is 6.86. The number of hydrogen-bond acceptors (Lipinski definition) is 7. The monoisotopic (exact) mass is 529 g/mol. The summed E-state index contributed by atoms with van der Waals surface area (Å²) in [6.45, 7) is 3.00. The van der Waals surface area contributed by atoms with Gasteiger partial charge >= 0.3 is 0 Å². The first kappa shape index (κ1) is 25.7. The Morgan fingerprint density at radius 1 is 1.17 bits per heavy atom. The smallest absolute Gasteiger partial charge is 0.294 e. The third kappa shape index (κ3) is 6.26. The Labute approximate surface area is 217 Å². The molecule has 2 saturated heterocycles. The van der Waals surface area contributed by atoms with E-state index in [0.29, 0.717) is 48.3 Å². The zero-order valence-electron chi connectivity index (χ0n) is 19.5. The van der Waals surface area contributed by atoms with Crippen molar-refractivity contribution in [1.29, 1.82) is 0 Å². The van der Waals surface area contributed by atoms with E-state index in [1.165, 1.54) is 6.08 Å². The van der Waals surface area contributed by atoms with Crippen LogP contribution in [-0.4, -0.2) is 72.2 Å². The number of benzene rings is 2. The number of ether oxygens (including phenoxy) is 2. The van der Waals surface area contributed by atoms with Crippen LogP contribution in [0.15, 0.2) is 47.4 Å². The number of para-hydroxylation sites is 1. The topological polar surface area (TPSA) is 105 Å². The number of anilines is 1. The fraction of sp³-hybridized carbons (Fsp3) is 0.280. The fourth-order valence-corrected chi connectivity index (χ4v) is 4.58. The molecule has 0 atom stereocenters. The molecule has 2 aliphatic rings. The minimum absolute atomic E-state index is 0.171. The lowest BCUT2D eigenvalue weighted by Crippen LogP contribution is -2.46. The van der Waals surface area contributed by atoms with E-state index in [-0.39, 0.29) is 29.9 Å². The van der Waals surface area contributed by atoms with Crippen LogP contribution in [0.2, 0.25) is 5.02 Å². The largest absolute Gasteiger partial charge is 0.483 e. The molecular weight excluding hydrogens is 506 g/mol. The molecule has 11 heteroatoms. The third-order valence-corrected chi connectivity index (χ3v) is 6.87. The van der Waals surface area contributed by atoms with Crippen LogP contribution in [0.1, 0.15) is 11.1 Å². The van der Waals surface area contributed by atoms with Crippen molar-refractivity contribution >= 4 is 58.1 Å². The SMILES string of the molecule is Cc1ccc(NC(=O)COc2ccccc2/C=C2\SC(=O)N(CC(=O)N3CCOCC3)C2=O)cc1Cl. The quantitative estimate of drug-likeness (QED) is 0.547. The van der Waals surface area contributed by atoms with Gasteiger partial charge in [0.2, 0.25) is 5.91 Å². The molecule has 9 nitrogen and oxygen atoms in total. The minimum Gasteiger partial charge on any atom is -0.483 e. The van der Waals surface area contributed by atoms with E-state index in [1.807, 2.05) is 6.92 Å². The molecule has 2 heterocycles. The number of carbonyl (C=O) groups excluding carboxylic acids is 4. The Bertz CT molecular complexity index is 1230. The van der Waals surface area contributed by atoms with E-state index in [2.05, 4.69) is 5.32 Å². The molecule has 0 radical (unpaired) electrons. The lowest BCUT2D eigenvalue weighted by Gasteiger charge is -2.28. The predicted molar refractivity (Wildman–Crippen MR) is 137 cm³/mol. The van der Waals surface area contributed by atoms with Gasteiger partial charge in [0.15, 0.2) is 6.61 Å². The number of imide groups is 1. The number of aryl methyl sites for hydroxylation is 1. The first-order chi connectivity index (χ1) is 17.3. The van der Waals surface area contributed by atoms with Crippen molar-refractivity contribution < 1.29 is 28.7 Å². The highest BCUT2D eigenvalue weighted by Gasteiger charge is 2.37. The van der Waals surface area contributed by atoms with Crippen LogP contribution < -0.4 is 10.1 Å². The lowest BCUT2D eigenvalue weighted by atomic mass is 10.2. The summed E-state index contributed by atoms with van der Waals surface area (Å²) in [5.41, 5.74) is 1.97. The molecule has 0 unspecified atom stereocenters. The maximum absolute atomic E-state index is 12.9. The van der Waals surface area contributed by atoms with Crippen LogP contribution >= 0.6 is 23.4 Å². The van der Waals surface area contributed by atoms with Gasteiger partial charge in [-0.3, -0.25) is 24.1 Å². The van der Waals surface area contributed by atoms with Gasteiger partial charge in [-0.05, 0) is 48.5 Å². The molecule has 1 N–H and O–H groups in total. The fourth-order valence-electron chi connectivity index (χ4n) is 3.57. The lowest BCUT2D eigenvalue weighted by molar-refractivity contribution is -0.139. The van der Waals surface area contributed by atoms with Crippen LogP contribution in [0.4, 0.5) is 10.5 Å². The Balaban J connectivity index is 1.40. The average Bonchev–Trinajstić information content (AvgIpc) is 3.13. The van der Waals surface area contributed by atoms with Crippen molar-refractivity contribution in [3.8, 4) is 5.75 Å². The highest BCUT2D eigenvalue weighted by atomic mass is 35.5. The van der Waals surface area contributed by atoms with Crippen LogP contribution in [0.3, 0.4) is 0 Å². The van der Waals surface area contributed by atoms with Crippen LogP contribution in [0.5, 0.6) is 5.75 Å². The molecular formula is C25H24ClN3O6S. The first-order valence-corrected chi connectivity index (χ1v) is 12.4. The molecule has 188 valence electrons. The first-order valence-electron chi connectivity index (χ1n) is 11.2. The maximum atomic E-state index is 12.9. The Hall–Kier alpha value is -3.34. The highest BCUT2D eigenvalue weighted by molar-refractivity contribution is 8.18. The third-order valence-electron chi connectivity index (χ3n) is 5.55. The molecule has 0 aromatic heterocycles. The molecule has 4 rings (SSSR count). The number of nitrogens with one attached hydrogen (secondary N) is 1. The summed E-state index contributed by atoms with van der Waals surface area (Å²) in [5, 5.41) is 2.75. The van der Waals surface area contributed by atoms with E-state index in [1.54, 1.807) is 47.4 Å². The van der Waals surface area contributed by atoms with Gasteiger partial charge in [0, 0.05) is 29.4 Å². The Kier molecular flexibility index (Phi) is 8.29. The summed E-state index contributed by atoms with van der Waals surface area (Å²) < 4.78 is 10.9. The molecule has 2 aromatic rings. The Morgan fingerprint density at radius 2 is 1.92 bits per heavy atom. The highest BCUT2D eigenvalue weighted by Crippen LogP contribution is 2.34. The molecule has 2 fully saturated rings. The van der Waals surface area contributed by atoms with Gasteiger partial charge in [-0.1, -0.05) is 35.9 Å². The summed E-state index contributed by atoms with van der Waals surface area (Å²) in [4.78, 5) is 52.9. The number of nitrogens with zero attached hydrogens (tertiary/aromatic N) is 2. The second-order valence-electron chi connectivity index (χ2n) is 8.10. The average molecular weight is 530 g/mol. The molecule has 0 aliphatic carbocycles. The van der Waals surface area contributed by atoms with Crippen molar-refractivity contribution in [2.24, 2.45) is 0 Å². The normalized spacial score (nSPS) is 17.0. The minimum atomic E-state index is -0.546. The van der Waals surface area contributed by atoms with Crippen molar-refractivity contribution in [3.63, 3.8) is 0 Å². The van der Waals surface area contributed by atoms with Crippen molar-refractivity contribution in [1.82, 2.24) is 9.80 Å². The number of amides is 4. The van der Waals surface area contributed by atoms with Crippen molar-refractivity contribution in [2.75, 3.05) is 44.8 Å². The summed E-state index contributed by atoms with van der Waals surface area (Å²) in [6.07, 6.45) is 1.52. The van der Waals surface area contributed by atoms with Crippen LogP contribution in [-0.2, 0) is 19.1 Å². The number of carbonyl (C=O) groups is 4. The molecule has 36 heavy (non-hydrogen) atoms. The van der Waals surface area contributed by atoms with Gasteiger partial charge in [0.1, 0.15) is 12.3 Å². The number of thioether (sulfide) groups is 1. The van der Waals surface area contributed by atoms with Gasteiger partial charge in [0.25, 0.3) is 17.1 Å². The van der Waals surface area contributed by atoms with E-state index in [9.17, 15) is 19.2 Å². The summed E-state index contributed by atoms with van der Waals surface area (Å²) in [7, 11) is 0. The molecule has 0 spiro atoms. The summed E-state index contributed by atoms with van der Waals surface area (Å²) in [6, 6.07) is 12.1. The zero-order chi connectivity index (χ0) is 25.7. The van der Waals surface area contributed by atoms with Gasteiger partial charge in [-0.15, -0.1) is 0 Å². The summed E-state index contributed by atoms with van der Waals surface area (Å²) in [5.74, 6) is -0.862. The van der Waals surface area contributed by atoms with Crippen molar-refractivity contribution in [2.45, 2.75) is 6.92 Å². The Morgan fingerprint density at radius 3 is 2.67 bits per heavy atom. The standard InChI is InChI=1S/C25H24ClN3O6S/c1-16-6-7-18(13-19(16)26)27-22(30)15-35-20-5-3-2-4-17(20)12-21-24(32)29(25(33)36-21)14-23(31)28-8-10-34-11-9-28/h2-7,12-13H,8-11,14-15H2,1H3,(H,27,30)/b21-12-. The van der Waals surface area contributed by atoms with Gasteiger partial charge in [-0.2, -0.15) is 0 Å². The number of morpholine rings is 1. The zero-order valence-corrected chi connectivity index (χ0v) is 21.1. The molecule has 2 aromatic carbocycles. The van der Waals surface area contributed by atoms with E-state index in [0.717, 1.165) is 22.2 Å². The van der Waals surface area contributed by atoms with Crippen LogP contribution in [0.25, 0.3) is 6.08 Å². The molecule has 0 bridgehead atoms. The number of hydrogen-bond donors (Lipinski definition) is 1. The van der Waals surface area contributed by atoms with Gasteiger partial charge < -0.3 is 19.7 Å².